The van der Waals surface area contributed by atoms with E-state index in [4.69, 9.17) is 4.74 Å². The molecule has 126 valence electrons. The molecular formula is C20H24N2O2. The van der Waals surface area contributed by atoms with E-state index >= 15 is 0 Å². The number of epoxide rings is 1. The van der Waals surface area contributed by atoms with Crippen molar-refractivity contribution >= 4 is 11.6 Å². The van der Waals surface area contributed by atoms with Gasteiger partial charge in [-0.2, -0.15) is 0 Å². The second-order valence-corrected chi connectivity index (χ2v) is 8.47. The highest BCUT2D eigenvalue weighted by Crippen LogP contribution is 2.68. The number of ether oxygens (including phenoxy) is 1. The van der Waals surface area contributed by atoms with Crippen molar-refractivity contribution < 1.29 is 9.53 Å². The number of amides is 1. The molecule has 4 nitrogen and oxygen atoms in total. The van der Waals surface area contributed by atoms with Crippen LogP contribution < -0.4 is 4.90 Å². The van der Waals surface area contributed by atoms with E-state index in [0.29, 0.717) is 12.1 Å². The molecule has 6 atom stereocenters. The molecule has 0 unspecified atom stereocenters. The van der Waals surface area contributed by atoms with Gasteiger partial charge in [0.05, 0.1) is 6.04 Å². The van der Waals surface area contributed by atoms with Gasteiger partial charge in [-0.1, -0.05) is 25.1 Å². The van der Waals surface area contributed by atoms with E-state index in [-0.39, 0.29) is 28.9 Å². The quantitative estimate of drug-likeness (QED) is 0.744. The highest BCUT2D eigenvalue weighted by atomic mass is 16.6. The lowest BCUT2D eigenvalue weighted by molar-refractivity contribution is -0.141. The number of fused-ring (bicyclic) bond motifs is 3. The smallest absolute Gasteiger partial charge is 0.254 e. The van der Waals surface area contributed by atoms with E-state index in [2.05, 4.69) is 48.0 Å². The number of anilines is 1. The molecule has 3 saturated heterocycles. The van der Waals surface area contributed by atoms with Crippen LogP contribution in [0.3, 0.4) is 0 Å². The molecule has 0 aromatic heterocycles. The summed E-state index contributed by atoms with van der Waals surface area (Å²) in [5.41, 5.74) is 3.12. The maximum absolute atomic E-state index is 12.9. The fourth-order valence-electron chi connectivity index (χ4n) is 7.17. The number of hydrogen-bond donors (Lipinski definition) is 0. The molecule has 4 heterocycles. The Morgan fingerprint density at radius 1 is 1.29 bits per heavy atom. The normalized spacial score (nSPS) is 47.2. The summed E-state index contributed by atoms with van der Waals surface area (Å²) < 4.78 is 5.96. The number of carbonyl (C=O) groups excluding carboxylic acids is 1. The first-order valence-corrected chi connectivity index (χ1v) is 9.43. The van der Waals surface area contributed by atoms with Crippen molar-refractivity contribution in [2.75, 3.05) is 18.5 Å². The standard InChI is InChI=1S/C20H24N2O2/c1-3-19-9-8-14-20(12-6-4-5-7-13(12)21(14)2)10-11-22(18(19)20)17(23)15-16(19)24-15/h4-7,14-16,18H,3,8-11H2,1-2H3/t14-,15-,16+,18-,19+,20-/m0/s1. The van der Waals surface area contributed by atoms with Crippen LogP contribution in [0.15, 0.2) is 24.3 Å². The van der Waals surface area contributed by atoms with Crippen molar-refractivity contribution in [3.05, 3.63) is 29.8 Å². The zero-order chi connectivity index (χ0) is 16.3. The van der Waals surface area contributed by atoms with E-state index in [1.54, 1.807) is 0 Å². The van der Waals surface area contributed by atoms with Crippen LogP contribution in [0.4, 0.5) is 5.69 Å². The van der Waals surface area contributed by atoms with Gasteiger partial charge in [-0.3, -0.25) is 4.79 Å². The molecule has 0 N–H and O–H groups in total. The van der Waals surface area contributed by atoms with Gasteiger partial charge in [-0.25, -0.2) is 0 Å². The van der Waals surface area contributed by atoms with Crippen LogP contribution in [0.25, 0.3) is 0 Å². The number of benzene rings is 1. The predicted molar refractivity (Wildman–Crippen MR) is 91.0 cm³/mol. The molecule has 6 rings (SSSR count). The van der Waals surface area contributed by atoms with E-state index in [1.807, 2.05) is 0 Å². The molecule has 4 aliphatic heterocycles. The van der Waals surface area contributed by atoms with Crippen molar-refractivity contribution in [2.45, 2.75) is 62.3 Å². The first-order valence-electron chi connectivity index (χ1n) is 9.43. The molecule has 1 aliphatic carbocycles. The van der Waals surface area contributed by atoms with Gasteiger partial charge in [-0.15, -0.1) is 0 Å². The molecular weight excluding hydrogens is 300 g/mol. The summed E-state index contributed by atoms with van der Waals surface area (Å²) in [6.07, 6.45) is 4.65. The molecule has 4 heteroatoms. The molecule has 0 radical (unpaired) electrons. The number of rotatable bonds is 1. The summed E-state index contributed by atoms with van der Waals surface area (Å²) >= 11 is 0. The Morgan fingerprint density at radius 2 is 2.12 bits per heavy atom. The van der Waals surface area contributed by atoms with Gasteiger partial charge >= 0.3 is 0 Å². The van der Waals surface area contributed by atoms with Gasteiger partial charge in [0.15, 0.2) is 6.10 Å². The number of para-hydroxylation sites is 1. The lowest BCUT2D eigenvalue weighted by Crippen LogP contribution is -2.67. The van der Waals surface area contributed by atoms with E-state index < -0.39 is 0 Å². The summed E-state index contributed by atoms with van der Waals surface area (Å²) in [7, 11) is 2.25. The molecule has 1 amide bonds. The third kappa shape index (κ3) is 1.20. The maximum Gasteiger partial charge on any atom is 0.254 e. The lowest BCUT2D eigenvalue weighted by atomic mass is 9.52. The Kier molecular flexibility index (Phi) is 2.28. The number of hydrogen-bond acceptors (Lipinski definition) is 3. The molecule has 1 aromatic carbocycles. The van der Waals surface area contributed by atoms with Gasteiger partial charge in [0.25, 0.3) is 5.91 Å². The van der Waals surface area contributed by atoms with E-state index in [9.17, 15) is 4.79 Å². The minimum Gasteiger partial charge on any atom is -0.370 e. The van der Waals surface area contributed by atoms with Crippen molar-refractivity contribution in [3.63, 3.8) is 0 Å². The van der Waals surface area contributed by atoms with Gasteiger partial charge in [-0.05, 0) is 37.3 Å². The van der Waals surface area contributed by atoms with Crippen LogP contribution in [-0.2, 0) is 14.9 Å². The first kappa shape index (κ1) is 13.7. The number of likely N-dealkylation sites (N-methyl/N-ethyl adjacent to an activating group) is 1. The second-order valence-electron chi connectivity index (χ2n) is 8.47. The third-order valence-corrected chi connectivity index (χ3v) is 8.08. The Hall–Kier alpha value is -1.55. The summed E-state index contributed by atoms with van der Waals surface area (Å²) in [5, 5.41) is 0. The molecule has 4 fully saturated rings. The number of piperidine rings is 1. The first-order chi connectivity index (χ1) is 11.6. The van der Waals surface area contributed by atoms with Crippen LogP contribution in [0.2, 0.25) is 0 Å². The molecule has 1 saturated carbocycles. The summed E-state index contributed by atoms with van der Waals surface area (Å²) in [6, 6.07) is 9.75. The molecule has 24 heavy (non-hydrogen) atoms. The van der Waals surface area contributed by atoms with Crippen LogP contribution >= 0.6 is 0 Å². The zero-order valence-electron chi connectivity index (χ0n) is 14.4. The highest BCUT2D eigenvalue weighted by molar-refractivity contribution is 5.87. The largest absolute Gasteiger partial charge is 0.370 e. The molecule has 1 spiro atoms. The number of carbonyl (C=O) groups is 1. The maximum atomic E-state index is 12.9. The summed E-state index contributed by atoms with van der Waals surface area (Å²) in [6.45, 7) is 3.21. The van der Waals surface area contributed by atoms with Crippen molar-refractivity contribution in [1.82, 2.24) is 4.90 Å². The summed E-state index contributed by atoms with van der Waals surface area (Å²) in [5.74, 6) is 0.263. The molecule has 1 aromatic rings. The average molecular weight is 324 g/mol. The molecule has 5 aliphatic rings. The van der Waals surface area contributed by atoms with Crippen LogP contribution in [0.5, 0.6) is 0 Å². The van der Waals surface area contributed by atoms with Crippen LogP contribution in [-0.4, -0.2) is 48.7 Å². The number of nitrogens with zero attached hydrogens (tertiary/aromatic N) is 2. The second kappa shape index (κ2) is 3.98. The van der Waals surface area contributed by atoms with Crippen LogP contribution in [0.1, 0.15) is 38.2 Å². The monoisotopic (exact) mass is 324 g/mol. The lowest BCUT2D eigenvalue weighted by Gasteiger charge is -2.56. The van der Waals surface area contributed by atoms with Gasteiger partial charge < -0.3 is 14.5 Å². The summed E-state index contributed by atoms with van der Waals surface area (Å²) in [4.78, 5) is 17.6. The van der Waals surface area contributed by atoms with E-state index in [0.717, 1.165) is 19.4 Å². The average Bonchev–Trinajstić information content (AvgIpc) is 3.27. The minimum atomic E-state index is -0.137. The minimum absolute atomic E-state index is 0.103. The van der Waals surface area contributed by atoms with Crippen LogP contribution in [0, 0.1) is 5.41 Å². The van der Waals surface area contributed by atoms with E-state index in [1.165, 1.54) is 24.1 Å². The topological polar surface area (TPSA) is 36.1 Å². The molecule has 0 bridgehead atoms. The Bertz CT molecular complexity index is 764. The SMILES string of the molecule is CC[C@@]12CC[C@@H]3N(C)c4ccccc4[C@@]34CCN(C(=O)[C@H]3O[C@H]31)[C@@H]24. The Balaban J connectivity index is 1.62. The third-order valence-electron chi connectivity index (χ3n) is 8.08. The van der Waals surface area contributed by atoms with Gasteiger partial charge in [0, 0.05) is 36.2 Å². The van der Waals surface area contributed by atoms with Gasteiger partial charge in [0.1, 0.15) is 6.10 Å². The van der Waals surface area contributed by atoms with Crippen molar-refractivity contribution in [3.8, 4) is 0 Å². The fourth-order valence-corrected chi connectivity index (χ4v) is 7.17. The Labute approximate surface area is 142 Å². The zero-order valence-corrected chi connectivity index (χ0v) is 14.4. The van der Waals surface area contributed by atoms with Crippen molar-refractivity contribution in [1.29, 1.82) is 0 Å². The highest BCUT2D eigenvalue weighted by Gasteiger charge is 2.76. The van der Waals surface area contributed by atoms with Crippen molar-refractivity contribution in [2.24, 2.45) is 5.41 Å². The Morgan fingerprint density at radius 3 is 2.96 bits per heavy atom. The predicted octanol–water partition coefficient (Wildman–Crippen LogP) is 2.31. The fraction of sp³-hybridized carbons (Fsp3) is 0.650. The van der Waals surface area contributed by atoms with Gasteiger partial charge in [0.2, 0.25) is 0 Å².